The third kappa shape index (κ3) is 5.03. The highest BCUT2D eigenvalue weighted by Gasteiger charge is 2.50. The topological polar surface area (TPSA) is 84.5 Å². The third-order valence-electron chi connectivity index (χ3n) is 4.79. The minimum absolute atomic E-state index is 0.0454. The van der Waals surface area contributed by atoms with Crippen LogP contribution in [0.15, 0.2) is 30.3 Å². The van der Waals surface area contributed by atoms with Gasteiger partial charge in [-0.05, 0) is 25.8 Å². The lowest BCUT2D eigenvalue weighted by Gasteiger charge is -2.52. The van der Waals surface area contributed by atoms with E-state index in [4.69, 9.17) is 4.74 Å². The van der Waals surface area contributed by atoms with Gasteiger partial charge in [-0.2, -0.15) is 0 Å². The number of nitrogens with one attached hydrogen (secondary N) is 2. The number of benzene rings is 1. The molecule has 1 fully saturated rings. The molecule has 2 rings (SSSR count). The maximum absolute atomic E-state index is 12.4. The van der Waals surface area contributed by atoms with E-state index in [9.17, 15) is 13.2 Å². The van der Waals surface area contributed by atoms with Crippen molar-refractivity contribution in [2.45, 2.75) is 58.4 Å². The summed E-state index contributed by atoms with van der Waals surface area (Å²) in [5.74, 6) is -0.336. The highest BCUT2D eigenvalue weighted by Crippen LogP contribution is 2.43. The van der Waals surface area contributed by atoms with Gasteiger partial charge in [0.25, 0.3) is 0 Å². The van der Waals surface area contributed by atoms with E-state index in [0.29, 0.717) is 13.0 Å². The molecular formula is C18H28N2O4S. The van der Waals surface area contributed by atoms with Gasteiger partial charge in [-0.1, -0.05) is 44.2 Å². The van der Waals surface area contributed by atoms with Crippen molar-refractivity contribution in [2.24, 2.45) is 5.41 Å². The monoisotopic (exact) mass is 368 g/mol. The van der Waals surface area contributed by atoms with E-state index in [1.54, 1.807) is 13.8 Å². The maximum Gasteiger partial charge on any atom is 0.240 e. The molecule has 1 amide bonds. The summed E-state index contributed by atoms with van der Waals surface area (Å²) in [5.41, 5.74) is -0.296. The summed E-state index contributed by atoms with van der Waals surface area (Å²) in [5, 5.41) is 2.95. The largest absolute Gasteiger partial charge is 0.373 e. The first kappa shape index (κ1) is 19.9. The standard InChI is InChI=1S/C18H28N2O4S/c1-17(2)14(19-16(21)18(3,4)20-25(5,22)23)11-15(17)24-12-13-9-7-6-8-10-13/h6-10,14-15,20H,11-12H2,1-5H3,(H,19,21). The summed E-state index contributed by atoms with van der Waals surface area (Å²) in [7, 11) is -3.47. The first-order valence-corrected chi connectivity index (χ1v) is 10.3. The van der Waals surface area contributed by atoms with Crippen molar-refractivity contribution < 1.29 is 17.9 Å². The smallest absolute Gasteiger partial charge is 0.240 e. The minimum Gasteiger partial charge on any atom is -0.373 e. The number of hydrogen-bond donors (Lipinski definition) is 2. The molecule has 0 aliphatic heterocycles. The number of hydrogen-bond acceptors (Lipinski definition) is 4. The molecular weight excluding hydrogens is 340 g/mol. The summed E-state index contributed by atoms with van der Waals surface area (Å²) in [6.45, 7) is 7.75. The Morgan fingerprint density at radius 3 is 2.40 bits per heavy atom. The lowest BCUT2D eigenvalue weighted by atomic mass is 9.64. The van der Waals surface area contributed by atoms with Crippen LogP contribution in [-0.4, -0.2) is 38.3 Å². The molecule has 140 valence electrons. The molecule has 1 aromatic carbocycles. The molecule has 7 heteroatoms. The second kappa shape index (κ2) is 7.05. The zero-order valence-corrected chi connectivity index (χ0v) is 16.3. The fourth-order valence-electron chi connectivity index (χ4n) is 3.03. The van der Waals surface area contributed by atoms with Gasteiger partial charge in [0.1, 0.15) is 5.54 Å². The predicted molar refractivity (Wildman–Crippen MR) is 97.4 cm³/mol. The van der Waals surface area contributed by atoms with Gasteiger partial charge in [0, 0.05) is 11.5 Å². The number of amides is 1. The number of carbonyl (C=O) groups is 1. The van der Waals surface area contributed by atoms with Gasteiger partial charge < -0.3 is 10.1 Å². The van der Waals surface area contributed by atoms with Crippen molar-refractivity contribution in [1.82, 2.24) is 10.0 Å². The Labute approximate surface area is 150 Å². The van der Waals surface area contributed by atoms with Gasteiger partial charge >= 0.3 is 0 Å². The highest BCUT2D eigenvalue weighted by molar-refractivity contribution is 7.88. The van der Waals surface area contributed by atoms with Gasteiger partial charge in [0.2, 0.25) is 15.9 Å². The Morgan fingerprint density at radius 1 is 1.28 bits per heavy atom. The highest BCUT2D eigenvalue weighted by atomic mass is 32.2. The van der Waals surface area contributed by atoms with Crippen molar-refractivity contribution in [2.75, 3.05) is 6.26 Å². The van der Waals surface area contributed by atoms with Gasteiger partial charge in [-0.25, -0.2) is 13.1 Å². The lowest BCUT2D eigenvalue weighted by molar-refractivity contribution is -0.144. The zero-order chi connectivity index (χ0) is 18.9. The molecule has 2 N–H and O–H groups in total. The van der Waals surface area contributed by atoms with E-state index in [1.165, 1.54) is 0 Å². The molecule has 0 radical (unpaired) electrons. The van der Waals surface area contributed by atoms with Crippen molar-refractivity contribution in [3.8, 4) is 0 Å². The zero-order valence-electron chi connectivity index (χ0n) is 15.5. The SMILES string of the molecule is CC(C)(NS(C)(=O)=O)C(=O)NC1CC(OCc2ccccc2)C1(C)C. The van der Waals surface area contributed by atoms with Crippen molar-refractivity contribution in [3.63, 3.8) is 0 Å². The molecule has 1 aliphatic carbocycles. The first-order valence-electron chi connectivity index (χ1n) is 8.37. The Morgan fingerprint density at radius 2 is 1.88 bits per heavy atom. The average molecular weight is 368 g/mol. The van der Waals surface area contributed by atoms with E-state index in [0.717, 1.165) is 11.8 Å². The van der Waals surface area contributed by atoms with Crippen molar-refractivity contribution >= 4 is 15.9 Å². The fraction of sp³-hybridized carbons (Fsp3) is 0.611. The van der Waals surface area contributed by atoms with Crippen LogP contribution in [0.4, 0.5) is 0 Å². The number of carbonyl (C=O) groups excluding carboxylic acids is 1. The molecule has 0 bridgehead atoms. The Balaban J connectivity index is 1.89. The molecule has 0 spiro atoms. The molecule has 2 unspecified atom stereocenters. The second-order valence-corrected chi connectivity index (χ2v) is 9.62. The van der Waals surface area contributed by atoms with Crippen LogP contribution in [0, 0.1) is 5.41 Å². The van der Waals surface area contributed by atoms with Crippen LogP contribution in [0.2, 0.25) is 0 Å². The molecule has 0 saturated heterocycles. The molecule has 1 aromatic rings. The third-order valence-corrected chi connectivity index (χ3v) is 5.67. The van der Waals surface area contributed by atoms with Crippen LogP contribution >= 0.6 is 0 Å². The molecule has 0 aromatic heterocycles. The Hall–Kier alpha value is -1.44. The summed E-state index contributed by atoms with van der Waals surface area (Å²) in [6, 6.07) is 9.90. The minimum atomic E-state index is -3.47. The van der Waals surface area contributed by atoms with Crippen LogP contribution in [-0.2, 0) is 26.2 Å². The lowest BCUT2D eigenvalue weighted by Crippen LogP contribution is -2.66. The van der Waals surface area contributed by atoms with Crippen LogP contribution in [0.1, 0.15) is 39.7 Å². The van der Waals surface area contributed by atoms with E-state index in [2.05, 4.69) is 10.0 Å². The Bertz CT molecular complexity index is 714. The fourth-order valence-corrected chi connectivity index (χ4v) is 4.05. The van der Waals surface area contributed by atoms with Gasteiger partial charge in [0.15, 0.2) is 0 Å². The first-order chi connectivity index (χ1) is 11.4. The molecule has 1 saturated carbocycles. The number of sulfonamides is 1. The number of rotatable bonds is 7. The molecule has 6 nitrogen and oxygen atoms in total. The average Bonchev–Trinajstić information content (AvgIpc) is 2.48. The van der Waals surface area contributed by atoms with Gasteiger partial charge in [-0.3, -0.25) is 4.79 Å². The van der Waals surface area contributed by atoms with Crippen molar-refractivity contribution in [1.29, 1.82) is 0 Å². The summed E-state index contributed by atoms with van der Waals surface area (Å²) >= 11 is 0. The van der Waals surface area contributed by atoms with E-state index in [-0.39, 0.29) is 23.5 Å². The van der Waals surface area contributed by atoms with Gasteiger partial charge in [0.05, 0.1) is 19.0 Å². The number of ether oxygens (including phenoxy) is 1. The van der Waals surface area contributed by atoms with Crippen molar-refractivity contribution in [3.05, 3.63) is 35.9 Å². The van der Waals surface area contributed by atoms with Crippen LogP contribution in [0.5, 0.6) is 0 Å². The molecule has 25 heavy (non-hydrogen) atoms. The normalized spacial score (nSPS) is 22.9. The van der Waals surface area contributed by atoms with Crippen LogP contribution in [0.25, 0.3) is 0 Å². The van der Waals surface area contributed by atoms with E-state index < -0.39 is 15.6 Å². The maximum atomic E-state index is 12.4. The second-order valence-electron chi connectivity index (χ2n) is 7.87. The molecule has 1 aliphatic rings. The van der Waals surface area contributed by atoms with E-state index in [1.807, 2.05) is 44.2 Å². The predicted octanol–water partition coefficient (Wildman–Crippen LogP) is 1.81. The van der Waals surface area contributed by atoms with E-state index >= 15 is 0 Å². The summed E-state index contributed by atoms with van der Waals surface area (Å²) in [4.78, 5) is 12.4. The summed E-state index contributed by atoms with van der Waals surface area (Å²) < 4.78 is 31.2. The van der Waals surface area contributed by atoms with Crippen LogP contribution < -0.4 is 10.0 Å². The van der Waals surface area contributed by atoms with Crippen LogP contribution in [0.3, 0.4) is 0 Å². The Kier molecular flexibility index (Phi) is 5.61. The quantitative estimate of drug-likeness (QED) is 0.769. The molecule has 0 heterocycles. The van der Waals surface area contributed by atoms with Gasteiger partial charge in [-0.15, -0.1) is 0 Å². The molecule has 2 atom stereocenters. The summed E-state index contributed by atoms with van der Waals surface area (Å²) in [6.07, 6.45) is 1.80.